The van der Waals surface area contributed by atoms with Gasteiger partial charge in [0.1, 0.15) is 0 Å². The molecular weight excluding hydrogens is 158 g/mol. The SMILES string of the molecule is C=CCCNC1CCCC(CC)C1. The molecule has 0 radical (unpaired) electrons. The van der Waals surface area contributed by atoms with Crippen LogP contribution in [-0.2, 0) is 0 Å². The molecule has 0 aromatic carbocycles. The van der Waals surface area contributed by atoms with Gasteiger partial charge in [0.15, 0.2) is 0 Å². The standard InChI is InChI=1S/C12H23N/c1-3-5-9-13-12-8-6-7-11(4-2)10-12/h3,11-13H,1,4-10H2,2H3. The van der Waals surface area contributed by atoms with E-state index in [9.17, 15) is 0 Å². The molecule has 2 atom stereocenters. The maximum atomic E-state index is 3.73. The van der Waals surface area contributed by atoms with E-state index >= 15 is 0 Å². The first-order valence-corrected chi connectivity index (χ1v) is 5.71. The maximum absolute atomic E-state index is 3.73. The summed E-state index contributed by atoms with van der Waals surface area (Å²) in [6.45, 7) is 7.17. The fourth-order valence-corrected chi connectivity index (χ4v) is 2.24. The lowest BCUT2D eigenvalue weighted by Crippen LogP contribution is -2.34. The molecule has 0 aliphatic heterocycles. The highest BCUT2D eigenvalue weighted by molar-refractivity contribution is 4.78. The fourth-order valence-electron chi connectivity index (χ4n) is 2.24. The van der Waals surface area contributed by atoms with Gasteiger partial charge in [0.05, 0.1) is 0 Å². The highest BCUT2D eigenvalue weighted by Gasteiger charge is 2.19. The first kappa shape index (κ1) is 10.8. The monoisotopic (exact) mass is 181 g/mol. The highest BCUT2D eigenvalue weighted by Crippen LogP contribution is 2.26. The van der Waals surface area contributed by atoms with Crippen molar-refractivity contribution in [2.75, 3.05) is 6.54 Å². The lowest BCUT2D eigenvalue weighted by molar-refractivity contribution is 0.281. The third kappa shape index (κ3) is 3.95. The Bertz CT molecular complexity index is 142. The van der Waals surface area contributed by atoms with Crippen LogP contribution in [-0.4, -0.2) is 12.6 Å². The highest BCUT2D eigenvalue weighted by atomic mass is 14.9. The van der Waals surface area contributed by atoms with Crippen molar-refractivity contribution in [1.29, 1.82) is 0 Å². The van der Waals surface area contributed by atoms with Crippen LogP contribution in [0.5, 0.6) is 0 Å². The van der Waals surface area contributed by atoms with Gasteiger partial charge in [0.25, 0.3) is 0 Å². The molecule has 13 heavy (non-hydrogen) atoms. The Balaban J connectivity index is 2.14. The quantitative estimate of drug-likeness (QED) is 0.507. The summed E-state index contributed by atoms with van der Waals surface area (Å²) in [5.74, 6) is 0.981. The average molecular weight is 181 g/mol. The second-order valence-corrected chi connectivity index (χ2v) is 4.17. The van der Waals surface area contributed by atoms with Crippen LogP contribution in [0.1, 0.15) is 45.4 Å². The molecule has 1 N–H and O–H groups in total. The van der Waals surface area contributed by atoms with Gasteiger partial charge in [0.2, 0.25) is 0 Å². The third-order valence-electron chi connectivity index (χ3n) is 3.14. The molecule has 0 amide bonds. The molecular formula is C12H23N. The van der Waals surface area contributed by atoms with Gasteiger partial charge in [-0.2, -0.15) is 0 Å². The molecule has 1 saturated carbocycles. The first-order chi connectivity index (χ1) is 6.36. The Morgan fingerprint density at radius 2 is 2.31 bits per heavy atom. The van der Waals surface area contributed by atoms with Gasteiger partial charge in [0, 0.05) is 6.04 Å². The second kappa shape index (κ2) is 6.20. The van der Waals surface area contributed by atoms with E-state index in [2.05, 4.69) is 18.8 Å². The van der Waals surface area contributed by atoms with Gasteiger partial charge in [-0.3, -0.25) is 0 Å². The fraction of sp³-hybridized carbons (Fsp3) is 0.833. The molecule has 0 heterocycles. The predicted molar refractivity (Wildman–Crippen MR) is 58.9 cm³/mol. The van der Waals surface area contributed by atoms with E-state index in [1.165, 1.54) is 32.1 Å². The zero-order chi connectivity index (χ0) is 9.52. The van der Waals surface area contributed by atoms with Gasteiger partial charge in [-0.05, 0) is 31.7 Å². The summed E-state index contributed by atoms with van der Waals surface area (Å²) in [7, 11) is 0. The molecule has 1 aliphatic rings. The molecule has 0 spiro atoms. The predicted octanol–water partition coefficient (Wildman–Crippen LogP) is 3.12. The average Bonchev–Trinajstić information content (AvgIpc) is 2.19. The van der Waals surface area contributed by atoms with Gasteiger partial charge in [-0.15, -0.1) is 6.58 Å². The van der Waals surface area contributed by atoms with Crippen LogP contribution in [0.4, 0.5) is 0 Å². The summed E-state index contributed by atoms with van der Waals surface area (Å²) >= 11 is 0. The number of rotatable bonds is 5. The van der Waals surface area contributed by atoms with E-state index in [0.29, 0.717) is 0 Å². The Labute approximate surface area is 82.6 Å². The minimum Gasteiger partial charge on any atom is -0.314 e. The molecule has 1 aliphatic carbocycles. The minimum absolute atomic E-state index is 0.790. The molecule has 76 valence electrons. The van der Waals surface area contributed by atoms with Crippen molar-refractivity contribution in [2.45, 2.75) is 51.5 Å². The molecule has 0 aromatic heterocycles. The van der Waals surface area contributed by atoms with Crippen LogP contribution in [0.3, 0.4) is 0 Å². The third-order valence-corrected chi connectivity index (χ3v) is 3.14. The molecule has 1 rings (SSSR count). The topological polar surface area (TPSA) is 12.0 Å². The Hall–Kier alpha value is -0.300. The Morgan fingerprint density at radius 3 is 3.00 bits per heavy atom. The van der Waals surface area contributed by atoms with Crippen LogP contribution in [0.25, 0.3) is 0 Å². The van der Waals surface area contributed by atoms with Crippen molar-refractivity contribution in [2.24, 2.45) is 5.92 Å². The molecule has 1 fully saturated rings. The van der Waals surface area contributed by atoms with Crippen molar-refractivity contribution < 1.29 is 0 Å². The van der Waals surface area contributed by atoms with Crippen LogP contribution in [0.15, 0.2) is 12.7 Å². The van der Waals surface area contributed by atoms with Crippen molar-refractivity contribution in [1.82, 2.24) is 5.32 Å². The van der Waals surface area contributed by atoms with E-state index in [0.717, 1.165) is 24.9 Å². The van der Waals surface area contributed by atoms with Crippen molar-refractivity contribution in [3.8, 4) is 0 Å². The van der Waals surface area contributed by atoms with Gasteiger partial charge >= 0.3 is 0 Å². The minimum atomic E-state index is 0.790. The summed E-state index contributed by atoms with van der Waals surface area (Å²) in [4.78, 5) is 0. The van der Waals surface area contributed by atoms with Crippen LogP contribution < -0.4 is 5.32 Å². The van der Waals surface area contributed by atoms with Crippen LogP contribution in [0.2, 0.25) is 0 Å². The molecule has 1 nitrogen and oxygen atoms in total. The normalized spacial score (nSPS) is 28.7. The van der Waals surface area contributed by atoms with Crippen molar-refractivity contribution >= 4 is 0 Å². The summed E-state index contributed by atoms with van der Waals surface area (Å²) in [5, 5.41) is 3.62. The number of hydrogen-bond acceptors (Lipinski definition) is 1. The summed E-state index contributed by atoms with van der Waals surface area (Å²) < 4.78 is 0. The van der Waals surface area contributed by atoms with Crippen molar-refractivity contribution in [3.63, 3.8) is 0 Å². The van der Waals surface area contributed by atoms with Crippen LogP contribution >= 0.6 is 0 Å². The molecule has 1 heteroatoms. The summed E-state index contributed by atoms with van der Waals surface area (Å²) in [6, 6.07) is 0.790. The smallest absolute Gasteiger partial charge is 0.00698 e. The molecule has 0 saturated heterocycles. The Morgan fingerprint density at radius 1 is 1.46 bits per heavy atom. The van der Waals surface area contributed by atoms with Crippen LogP contribution in [0, 0.1) is 5.92 Å². The molecule has 2 unspecified atom stereocenters. The molecule has 0 bridgehead atoms. The molecule has 0 aromatic rings. The van der Waals surface area contributed by atoms with E-state index in [1.807, 2.05) is 6.08 Å². The lowest BCUT2D eigenvalue weighted by Gasteiger charge is -2.29. The summed E-state index contributed by atoms with van der Waals surface area (Å²) in [6.07, 6.45) is 10.1. The maximum Gasteiger partial charge on any atom is 0.00698 e. The van der Waals surface area contributed by atoms with Crippen molar-refractivity contribution in [3.05, 3.63) is 12.7 Å². The van der Waals surface area contributed by atoms with E-state index in [1.54, 1.807) is 0 Å². The number of nitrogens with one attached hydrogen (secondary N) is 1. The van der Waals surface area contributed by atoms with E-state index in [-0.39, 0.29) is 0 Å². The summed E-state index contributed by atoms with van der Waals surface area (Å²) in [5.41, 5.74) is 0. The lowest BCUT2D eigenvalue weighted by atomic mass is 9.84. The van der Waals surface area contributed by atoms with Gasteiger partial charge < -0.3 is 5.32 Å². The van der Waals surface area contributed by atoms with Gasteiger partial charge in [-0.1, -0.05) is 32.3 Å². The number of hydrogen-bond donors (Lipinski definition) is 1. The van der Waals surface area contributed by atoms with E-state index < -0.39 is 0 Å². The van der Waals surface area contributed by atoms with E-state index in [4.69, 9.17) is 0 Å². The Kier molecular flexibility index (Phi) is 5.14. The zero-order valence-corrected chi connectivity index (χ0v) is 8.89. The largest absolute Gasteiger partial charge is 0.314 e. The van der Waals surface area contributed by atoms with Gasteiger partial charge in [-0.25, -0.2) is 0 Å². The first-order valence-electron chi connectivity index (χ1n) is 5.71. The zero-order valence-electron chi connectivity index (χ0n) is 8.89. The second-order valence-electron chi connectivity index (χ2n) is 4.17.